The first-order valence-electron chi connectivity index (χ1n) is 9.47. The van der Waals surface area contributed by atoms with Crippen LogP contribution in [0.1, 0.15) is 31.2 Å². The van der Waals surface area contributed by atoms with Crippen molar-refractivity contribution in [2.75, 3.05) is 31.2 Å². The molecule has 0 spiro atoms. The number of nitrogens with one attached hydrogen (secondary N) is 1. The second-order valence-corrected chi connectivity index (χ2v) is 7.12. The molecule has 0 aromatic heterocycles. The van der Waals surface area contributed by atoms with Gasteiger partial charge in [0.05, 0.1) is 13.2 Å². The van der Waals surface area contributed by atoms with Crippen molar-refractivity contribution in [3.63, 3.8) is 0 Å². The van der Waals surface area contributed by atoms with Crippen molar-refractivity contribution in [3.05, 3.63) is 35.4 Å². The number of hydrogen-bond acceptors (Lipinski definition) is 5. The van der Waals surface area contributed by atoms with Crippen LogP contribution < -0.4 is 10.2 Å². The van der Waals surface area contributed by atoms with E-state index in [0.29, 0.717) is 13.2 Å². The van der Waals surface area contributed by atoms with Gasteiger partial charge in [0.2, 0.25) is 0 Å². The standard InChI is InChI=1S/C20H23N3O4/c24-18-17(19(25)23(20(26)21-18)16-3-1-2-4-16)13-14-5-7-15(8-6-14)22-9-11-27-12-10-22/h5-8,13,16H,1-4,9-12H2,(H,21,24,26)/b17-13-. The summed E-state index contributed by atoms with van der Waals surface area (Å²) in [6.45, 7) is 3.12. The van der Waals surface area contributed by atoms with E-state index in [2.05, 4.69) is 10.2 Å². The van der Waals surface area contributed by atoms with Crippen LogP contribution in [0, 0.1) is 0 Å². The number of amides is 4. The van der Waals surface area contributed by atoms with Crippen molar-refractivity contribution in [2.24, 2.45) is 0 Å². The van der Waals surface area contributed by atoms with Gasteiger partial charge in [-0.15, -0.1) is 0 Å². The van der Waals surface area contributed by atoms with Crippen molar-refractivity contribution >= 4 is 29.6 Å². The van der Waals surface area contributed by atoms with Crippen LogP contribution in [0.15, 0.2) is 29.8 Å². The summed E-state index contributed by atoms with van der Waals surface area (Å²) in [7, 11) is 0. The smallest absolute Gasteiger partial charge is 0.331 e. The SMILES string of the molecule is O=C1NC(=O)N(C2CCCC2)C(=O)/C1=C\c1ccc(N2CCOCC2)cc1. The minimum Gasteiger partial charge on any atom is -0.378 e. The Morgan fingerprint density at radius 1 is 1.00 bits per heavy atom. The number of hydrogen-bond donors (Lipinski definition) is 1. The summed E-state index contributed by atoms with van der Waals surface area (Å²) in [6.07, 6.45) is 5.16. The minimum atomic E-state index is -0.628. The fourth-order valence-electron chi connectivity index (χ4n) is 3.93. The van der Waals surface area contributed by atoms with Gasteiger partial charge in [0.15, 0.2) is 0 Å². The van der Waals surface area contributed by atoms with Gasteiger partial charge in [0.1, 0.15) is 5.57 Å². The third kappa shape index (κ3) is 3.60. The van der Waals surface area contributed by atoms with Crippen molar-refractivity contribution in [1.29, 1.82) is 0 Å². The van der Waals surface area contributed by atoms with Gasteiger partial charge in [0, 0.05) is 24.8 Å². The molecule has 1 N–H and O–H groups in total. The number of ether oxygens (including phenoxy) is 1. The molecule has 1 aliphatic carbocycles. The molecule has 7 heteroatoms. The Morgan fingerprint density at radius 3 is 2.33 bits per heavy atom. The summed E-state index contributed by atoms with van der Waals surface area (Å²) in [4.78, 5) is 40.6. The first kappa shape index (κ1) is 17.7. The van der Waals surface area contributed by atoms with Gasteiger partial charge in [-0.2, -0.15) is 0 Å². The predicted molar refractivity (Wildman–Crippen MR) is 100 cm³/mol. The highest BCUT2D eigenvalue weighted by Crippen LogP contribution is 2.27. The molecule has 1 saturated carbocycles. The van der Waals surface area contributed by atoms with Crippen LogP contribution in [-0.2, 0) is 14.3 Å². The molecule has 3 fully saturated rings. The summed E-state index contributed by atoms with van der Waals surface area (Å²) >= 11 is 0. The summed E-state index contributed by atoms with van der Waals surface area (Å²) in [5.41, 5.74) is 1.86. The zero-order chi connectivity index (χ0) is 18.8. The number of anilines is 1. The van der Waals surface area contributed by atoms with E-state index in [1.165, 1.54) is 4.90 Å². The van der Waals surface area contributed by atoms with E-state index < -0.39 is 17.8 Å². The van der Waals surface area contributed by atoms with Gasteiger partial charge in [-0.25, -0.2) is 4.79 Å². The molecule has 0 atom stereocenters. The highest BCUT2D eigenvalue weighted by Gasteiger charge is 2.40. The fraction of sp³-hybridized carbons (Fsp3) is 0.450. The Kier molecular flexibility index (Phi) is 4.94. The molecule has 1 aromatic rings. The second-order valence-electron chi connectivity index (χ2n) is 7.12. The lowest BCUT2D eigenvalue weighted by Crippen LogP contribution is -2.57. The van der Waals surface area contributed by atoms with Crippen LogP contribution >= 0.6 is 0 Å². The molecule has 7 nitrogen and oxygen atoms in total. The third-order valence-electron chi connectivity index (χ3n) is 5.40. The van der Waals surface area contributed by atoms with E-state index in [9.17, 15) is 14.4 Å². The average Bonchev–Trinajstić information content (AvgIpc) is 3.20. The fourth-order valence-corrected chi connectivity index (χ4v) is 3.93. The number of imide groups is 2. The van der Waals surface area contributed by atoms with Crippen LogP contribution in [-0.4, -0.2) is 55.1 Å². The van der Waals surface area contributed by atoms with Crippen molar-refractivity contribution in [3.8, 4) is 0 Å². The zero-order valence-electron chi connectivity index (χ0n) is 15.1. The van der Waals surface area contributed by atoms with Gasteiger partial charge in [0.25, 0.3) is 11.8 Å². The van der Waals surface area contributed by atoms with E-state index in [0.717, 1.165) is 50.0 Å². The summed E-state index contributed by atoms with van der Waals surface area (Å²) in [6, 6.07) is 7.00. The Balaban J connectivity index is 1.55. The Hall–Kier alpha value is -2.67. The van der Waals surface area contributed by atoms with E-state index in [-0.39, 0.29) is 11.6 Å². The van der Waals surface area contributed by atoms with Gasteiger partial charge in [-0.3, -0.25) is 19.8 Å². The molecular weight excluding hydrogens is 346 g/mol. The summed E-state index contributed by atoms with van der Waals surface area (Å²) in [5.74, 6) is -1.12. The lowest BCUT2D eigenvalue weighted by Gasteiger charge is -2.31. The molecule has 2 heterocycles. The molecule has 4 amide bonds. The van der Waals surface area contributed by atoms with Crippen LogP contribution in [0.25, 0.3) is 6.08 Å². The molecule has 142 valence electrons. The molecule has 27 heavy (non-hydrogen) atoms. The van der Waals surface area contributed by atoms with Gasteiger partial charge in [-0.1, -0.05) is 25.0 Å². The molecule has 2 aliphatic heterocycles. The molecule has 3 aliphatic rings. The Bertz CT molecular complexity index is 775. The maximum absolute atomic E-state index is 12.8. The number of rotatable bonds is 3. The maximum Gasteiger partial charge on any atom is 0.331 e. The van der Waals surface area contributed by atoms with Gasteiger partial charge in [-0.05, 0) is 36.6 Å². The highest BCUT2D eigenvalue weighted by molar-refractivity contribution is 6.31. The van der Waals surface area contributed by atoms with Crippen LogP contribution in [0.4, 0.5) is 10.5 Å². The lowest BCUT2D eigenvalue weighted by atomic mass is 10.0. The lowest BCUT2D eigenvalue weighted by molar-refractivity contribution is -0.131. The van der Waals surface area contributed by atoms with Crippen molar-refractivity contribution in [2.45, 2.75) is 31.7 Å². The summed E-state index contributed by atoms with van der Waals surface area (Å²) in [5, 5.41) is 2.31. The molecule has 0 radical (unpaired) electrons. The number of carbonyl (C=O) groups is 3. The number of barbiturate groups is 1. The van der Waals surface area contributed by atoms with E-state index in [1.807, 2.05) is 24.3 Å². The molecule has 4 rings (SSSR count). The first-order chi connectivity index (χ1) is 13.1. The number of morpholine rings is 1. The minimum absolute atomic E-state index is 0.0145. The number of benzene rings is 1. The van der Waals surface area contributed by atoms with Gasteiger partial charge < -0.3 is 9.64 Å². The monoisotopic (exact) mass is 369 g/mol. The highest BCUT2D eigenvalue weighted by atomic mass is 16.5. The van der Waals surface area contributed by atoms with Crippen molar-refractivity contribution in [1.82, 2.24) is 10.2 Å². The first-order valence-corrected chi connectivity index (χ1v) is 9.47. The van der Waals surface area contributed by atoms with Crippen LogP contribution in [0.2, 0.25) is 0 Å². The molecule has 0 bridgehead atoms. The molecule has 2 saturated heterocycles. The average molecular weight is 369 g/mol. The molecule has 0 unspecified atom stereocenters. The zero-order valence-corrected chi connectivity index (χ0v) is 15.1. The number of carbonyl (C=O) groups excluding carboxylic acids is 3. The van der Waals surface area contributed by atoms with Crippen LogP contribution in [0.5, 0.6) is 0 Å². The number of nitrogens with zero attached hydrogens (tertiary/aromatic N) is 2. The van der Waals surface area contributed by atoms with E-state index in [1.54, 1.807) is 6.08 Å². The van der Waals surface area contributed by atoms with Gasteiger partial charge >= 0.3 is 6.03 Å². The van der Waals surface area contributed by atoms with Crippen LogP contribution in [0.3, 0.4) is 0 Å². The van der Waals surface area contributed by atoms with Crippen molar-refractivity contribution < 1.29 is 19.1 Å². The maximum atomic E-state index is 12.8. The van der Waals surface area contributed by atoms with E-state index in [4.69, 9.17) is 4.74 Å². The topological polar surface area (TPSA) is 79.0 Å². The molecule has 1 aromatic carbocycles. The third-order valence-corrected chi connectivity index (χ3v) is 5.40. The molecular formula is C20H23N3O4. The Morgan fingerprint density at radius 2 is 1.67 bits per heavy atom. The normalized spacial score (nSPS) is 23.3. The summed E-state index contributed by atoms with van der Waals surface area (Å²) < 4.78 is 5.36. The largest absolute Gasteiger partial charge is 0.378 e. The van der Waals surface area contributed by atoms with E-state index >= 15 is 0 Å². The quantitative estimate of drug-likeness (QED) is 0.651. The Labute approximate surface area is 158 Å². The predicted octanol–water partition coefficient (Wildman–Crippen LogP) is 1.93. The number of urea groups is 1. The second kappa shape index (κ2) is 7.52.